The molecule has 2 N–H and O–H groups in total. The van der Waals surface area contributed by atoms with E-state index in [0.29, 0.717) is 17.8 Å². The molecule has 0 spiro atoms. The molecule has 3 rings (SSSR count). The lowest BCUT2D eigenvalue weighted by Crippen LogP contribution is -2.52. The Morgan fingerprint density at radius 1 is 1.11 bits per heavy atom. The monoisotopic (exact) mass is 375 g/mol. The van der Waals surface area contributed by atoms with E-state index in [2.05, 4.69) is 51.6 Å². The molecule has 3 fully saturated rings. The molecule has 0 aliphatic heterocycles. The Morgan fingerprint density at radius 3 is 2.56 bits per heavy atom. The van der Waals surface area contributed by atoms with Crippen LogP contribution in [0.4, 0.5) is 0 Å². The third kappa shape index (κ3) is 3.93. The van der Waals surface area contributed by atoms with Crippen LogP contribution < -0.4 is 0 Å². The predicted molar refractivity (Wildman–Crippen MR) is 112 cm³/mol. The average Bonchev–Trinajstić information content (AvgIpc) is 2.91. The number of rotatable bonds is 5. The maximum absolute atomic E-state index is 11.4. The zero-order chi connectivity index (χ0) is 19.8. The van der Waals surface area contributed by atoms with Crippen molar-refractivity contribution in [3.05, 3.63) is 24.3 Å². The highest BCUT2D eigenvalue weighted by molar-refractivity contribution is 5.21. The molecule has 154 valence electrons. The molecule has 0 heterocycles. The second-order valence-electron chi connectivity index (χ2n) is 10.4. The molecule has 3 aliphatic rings. The van der Waals surface area contributed by atoms with Gasteiger partial charge in [-0.25, -0.2) is 0 Å². The number of allylic oxidation sites excluding steroid dienone is 2. The van der Waals surface area contributed by atoms with E-state index in [9.17, 15) is 10.2 Å². The Kier molecular flexibility index (Phi) is 6.25. The van der Waals surface area contributed by atoms with E-state index >= 15 is 0 Å². The van der Waals surface area contributed by atoms with E-state index < -0.39 is 0 Å². The topological polar surface area (TPSA) is 43.7 Å². The summed E-state index contributed by atoms with van der Waals surface area (Å²) in [4.78, 5) is 2.21. The molecular formula is C24H41NO2. The van der Waals surface area contributed by atoms with Gasteiger partial charge in [0.15, 0.2) is 0 Å². The van der Waals surface area contributed by atoms with Crippen molar-refractivity contribution < 1.29 is 10.2 Å². The first-order valence-electron chi connectivity index (χ1n) is 11.0. The van der Waals surface area contributed by atoms with Gasteiger partial charge in [-0.05, 0) is 94.0 Å². The second-order valence-corrected chi connectivity index (χ2v) is 10.4. The molecule has 0 radical (unpaired) electrons. The Hall–Kier alpha value is -0.640. The van der Waals surface area contributed by atoms with Gasteiger partial charge in [0, 0.05) is 6.54 Å². The van der Waals surface area contributed by atoms with Gasteiger partial charge in [-0.1, -0.05) is 38.2 Å². The first-order chi connectivity index (χ1) is 12.7. The van der Waals surface area contributed by atoms with Crippen LogP contribution in [0.3, 0.4) is 0 Å². The fraction of sp³-hybridized carbons (Fsp3) is 0.833. The molecule has 7 atom stereocenters. The summed E-state index contributed by atoms with van der Waals surface area (Å²) in [5.41, 5.74) is 1.57. The third-order valence-electron chi connectivity index (χ3n) is 8.53. The molecule has 3 heteroatoms. The fourth-order valence-electron chi connectivity index (χ4n) is 6.43. The largest absolute Gasteiger partial charge is 0.393 e. The lowest BCUT2D eigenvalue weighted by molar-refractivity contribution is -0.110. The van der Waals surface area contributed by atoms with Crippen molar-refractivity contribution in [3.8, 4) is 0 Å². The van der Waals surface area contributed by atoms with Crippen LogP contribution in [0.5, 0.6) is 0 Å². The van der Waals surface area contributed by atoms with E-state index in [1.165, 1.54) is 5.57 Å². The summed E-state index contributed by atoms with van der Waals surface area (Å²) in [7, 11) is 4.21. The van der Waals surface area contributed by atoms with Gasteiger partial charge in [-0.3, -0.25) is 0 Å². The second kappa shape index (κ2) is 8.00. The third-order valence-corrected chi connectivity index (χ3v) is 8.53. The minimum atomic E-state index is -0.235. The van der Waals surface area contributed by atoms with E-state index in [1.54, 1.807) is 0 Å². The average molecular weight is 376 g/mol. The van der Waals surface area contributed by atoms with Crippen molar-refractivity contribution in [2.75, 3.05) is 20.6 Å². The summed E-state index contributed by atoms with van der Waals surface area (Å²) in [5.74, 6) is 1.06. The molecule has 27 heavy (non-hydrogen) atoms. The Balaban J connectivity index is 1.78. The summed E-state index contributed by atoms with van der Waals surface area (Å²) in [6, 6.07) is 0. The van der Waals surface area contributed by atoms with Crippen molar-refractivity contribution in [1.82, 2.24) is 4.90 Å². The number of hydrogen-bond donors (Lipinski definition) is 2. The van der Waals surface area contributed by atoms with Crippen LogP contribution >= 0.6 is 0 Å². The minimum Gasteiger partial charge on any atom is -0.393 e. The first kappa shape index (κ1) is 21.1. The highest BCUT2D eigenvalue weighted by atomic mass is 16.3. The van der Waals surface area contributed by atoms with E-state index in [1.807, 2.05) is 0 Å². The fourth-order valence-corrected chi connectivity index (χ4v) is 6.43. The van der Waals surface area contributed by atoms with Crippen LogP contribution in [0, 0.1) is 28.6 Å². The maximum Gasteiger partial charge on any atom is 0.0610 e. The van der Waals surface area contributed by atoms with Crippen LogP contribution in [0.1, 0.15) is 65.2 Å². The summed E-state index contributed by atoms with van der Waals surface area (Å²) in [6.07, 6.45) is 12.4. The molecule has 3 aliphatic carbocycles. The number of nitrogens with zero attached hydrogens (tertiary/aromatic N) is 1. The Labute approximate surface area is 166 Å². The number of aliphatic hydroxyl groups is 2. The van der Waals surface area contributed by atoms with Crippen molar-refractivity contribution in [2.24, 2.45) is 28.6 Å². The Bertz CT molecular complexity index is 571. The van der Waals surface area contributed by atoms with Crippen LogP contribution in [0.15, 0.2) is 24.3 Å². The number of fused-ring (bicyclic) bond motifs is 1. The molecule has 0 aromatic heterocycles. The number of aliphatic hydroxyl groups excluding tert-OH is 2. The van der Waals surface area contributed by atoms with Gasteiger partial charge in [0.1, 0.15) is 0 Å². The molecule has 3 nitrogen and oxygen atoms in total. The highest BCUT2D eigenvalue weighted by Gasteiger charge is 2.56. The summed E-state index contributed by atoms with van der Waals surface area (Å²) >= 11 is 0. The standard InChI is InChI=1S/C24H41NO2/c1-17-9-10-20-22(27)21(12-14-23(17,20)2)24(3)13-11-19(26)16-18(24)8-6-7-15-25(4)5/h6,8,18-22,26-27H,1,7,9-16H2,2-5H3/b8-6+/t18-,19-,20?,21?,22+,23-,24-/m0/s1. The summed E-state index contributed by atoms with van der Waals surface area (Å²) in [6.45, 7) is 10.1. The van der Waals surface area contributed by atoms with Crippen molar-refractivity contribution >= 4 is 0 Å². The lowest BCUT2D eigenvalue weighted by atomic mass is 9.52. The van der Waals surface area contributed by atoms with Crippen LogP contribution in [-0.2, 0) is 0 Å². The maximum atomic E-state index is 11.4. The molecule has 0 aromatic carbocycles. The van der Waals surface area contributed by atoms with Gasteiger partial charge in [-0.2, -0.15) is 0 Å². The molecule has 3 saturated carbocycles. The van der Waals surface area contributed by atoms with Crippen LogP contribution in [-0.4, -0.2) is 48.0 Å². The van der Waals surface area contributed by atoms with Gasteiger partial charge in [0.2, 0.25) is 0 Å². The van der Waals surface area contributed by atoms with Gasteiger partial charge in [0.05, 0.1) is 12.2 Å². The summed E-state index contributed by atoms with van der Waals surface area (Å²) in [5, 5.41) is 21.8. The molecule has 0 saturated heterocycles. The van der Waals surface area contributed by atoms with E-state index in [-0.39, 0.29) is 23.0 Å². The molecular weight excluding hydrogens is 334 g/mol. The predicted octanol–water partition coefficient (Wildman–Crippen LogP) is 4.41. The summed E-state index contributed by atoms with van der Waals surface area (Å²) < 4.78 is 0. The van der Waals surface area contributed by atoms with Crippen molar-refractivity contribution in [1.29, 1.82) is 0 Å². The van der Waals surface area contributed by atoms with Crippen LogP contribution in [0.2, 0.25) is 0 Å². The normalized spacial score (nSPS) is 45.6. The molecule has 2 unspecified atom stereocenters. The lowest BCUT2D eigenvalue weighted by Gasteiger charge is -2.54. The SMILES string of the molecule is C=C1CCC2[C@@H](O)C([C@@]3(C)CC[C@H](O)C[C@@H]3/C=C/CCN(C)C)CC[C@@]12C. The highest BCUT2D eigenvalue weighted by Crippen LogP contribution is 2.61. The van der Waals surface area contributed by atoms with Crippen molar-refractivity contribution in [2.45, 2.75) is 77.4 Å². The number of hydrogen-bond acceptors (Lipinski definition) is 3. The van der Waals surface area contributed by atoms with Crippen molar-refractivity contribution in [3.63, 3.8) is 0 Å². The van der Waals surface area contributed by atoms with E-state index in [4.69, 9.17) is 0 Å². The van der Waals surface area contributed by atoms with Gasteiger partial charge >= 0.3 is 0 Å². The molecule has 0 amide bonds. The van der Waals surface area contributed by atoms with E-state index in [0.717, 1.165) is 57.9 Å². The zero-order valence-corrected chi connectivity index (χ0v) is 18.0. The minimum absolute atomic E-state index is 0.0819. The van der Waals surface area contributed by atoms with Gasteiger partial charge < -0.3 is 15.1 Å². The zero-order valence-electron chi connectivity index (χ0n) is 18.0. The Morgan fingerprint density at radius 2 is 1.85 bits per heavy atom. The van der Waals surface area contributed by atoms with Gasteiger partial charge in [-0.15, -0.1) is 0 Å². The molecule has 0 bridgehead atoms. The van der Waals surface area contributed by atoms with Crippen LogP contribution in [0.25, 0.3) is 0 Å². The smallest absolute Gasteiger partial charge is 0.0610 e. The van der Waals surface area contributed by atoms with Gasteiger partial charge in [0.25, 0.3) is 0 Å². The first-order valence-corrected chi connectivity index (χ1v) is 11.0. The molecule has 0 aromatic rings. The quantitative estimate of drug-likeness (QED) is 0.700.